The summed E-state index contributed by atoms with van der Waals surface area (Å²) < 4.78 is 5.39. The summed E-state index contributed by atoms with van der Waals surface area (Å²) in [4.78, 5) is 30.7. The molecule has 0 aliphatic heterocycles. The standard InChI is InChI=1S/C14H17N3O3/c1-7-3-4-9(5-7)17-13(19)10-8(2)20-14-11(10)12(18)15-6-16-14/h6-7,9H,3-5H2,1-2H3,(H,17,19)(H,15,16,18). The van der Waals surface area contributed by atoms with Crippen LogP contribution in [0.4, 0.5) is 0 Å². The van der Waals surface area contributed by atoms with Crippen molar-refractivity contribution in [3.05, 3.63) is 28.0 Å². The van der Waals surface area contributed by atoms with E-state index in [4.69, 9.17) is 4.42 Å². The summed E-state index contributed by atoms with van der Waals surface area (Å²) in [7, 11) is 0. The highest BCUT2D eigenvalue weighted by molar-refractivity contribution is 6.06. The fraction of sp³-hybridized carbons (Fsp3) is 0.500. The van der Waals surface area contributed by atoms with E-state index < -0.39 is 0 Å². The Kier molecular flexibility index (Phi) is 3.08. The molecule has 2 N–H and O–H groups in total. The van der Waals surface area contributed by atoms with Crippen LogP contribution < -0.4 is 10.9 Å². The summed E-state index contributed by atoms with van der Waals surface area (Å²) in [6.45, 7) is 3.85. The Morgan fingerprint density at radius 3 is 3.00 bits per heavy atom. The number of carbonyl (C=O) groups is 1. The Morgan fingerprint density at radius 1 is 1.50 bits per heavy atom. The topological polar surface area (TPSA) is 88.0 Å². The summed E-state index contributed by atoms with van der Waals surface area (Å²) >= 11 is 0. The number of hydrogen-bond donors (Lipinski definition) is 2. The highest BCUT2D eigenvalue weighted by Gasteiger charge is 2.27. The van der Waals surface area contributed by atoms with Crippen LogP contribution in [0.2, 0.25) is 0 Å². The number of furan rings is 1. The van der Waals surface area contributed by atoms with Crippen molar-refractivity contribution in [3.63, 3.8) is 0 Å². The van der Waals surface area contributed by atoms with Crippen molar-refractivity contribution >= 4 is 17.0 Å². The first-order chi connectivity index (χ1) is 9.56. The SMILES string of the molecule is Cc1oc2nc[nH]c(=O)c2c1C(=O)NC1CCC(C)C1. The molecule has 6 nitrogen and oxygen atoms in total. The van der Waals surface area contributed by atoms with E-state index >= 15 is 0 Å². The van der Waals surface area contributed by atoms with Crippen molar-refractivity contribution in [2.45, 2.75) is 39.2 Å². The molecule has 2 heterocycles. The van der Waals surface area contributed by atoms with Crippen molar-refractivity contribution in [1.29, 1.82) is 0 Å². The number of nitrogens with zero attached hydrogens (tertiary/aromatic N) is 1. The zero-order chi connectivity index (χ0) is 14.3. The van der Waals surface area contributed by atoms with Crippen LogP contribution in [0.25, 0.3) is 11.1 Å². The summed E-state index contributed by atoms with van der Waals surface area (Å²) in [6.07, 6.45) is 4.36. The van der Waals surface area contributed by atoms with Crippen LogP contribution in [0.1, 0.15) is 42.3 Å². The Balaban J connectivity index is 1.95. The van der Waals surface area contributed by atoms with Gasteiger partial charge in [0.25, 0.3) is 11.5 Å². The summed E-state index contributed by atoms with van der Waals surface area (Å²) in [5.41, 5.74) is 0.155. The van der Waals surface area contributed by atoms with Crippen LogP contribution in [-0.2, 0) is 0 Å². The summed E-state index contributed by atoms with van der Waals surface area (Å²) in [5.74, 6) is 0.805. The molecule has 1 aliphatic carbocycles. The van der Waals surface area contributed by atoms with Crippen molar-refractivity contribution in [2.24, 2.45) is 5.92 Å². The summed E-state index contributed by atoms with van der Waals surface area (Å²) in [5, 5.41) is 3.22. The van der Waals surface area contributed by atoms with Crippen LogP contribution in [0.15, 0.2) is 15.5 Å². The molecule has 2 aromatic heterocycles. The average molecular weight is 275 g/mol. The second-order valence-electron chi connectivity index (χ2n) is 5.53. The van der Waals surface area contributed by atoms with Gasteiger partial charge in [0, 0.05) is 6.04 Å². The van der Waals surface area contributed by atoms with E-state index in [0.29, 0.717) is 17.2 Å². The maximum atomic E-state index is 12.4. The molecular formula is C14H17N3O3. The molecule has 0 saturated heterocycles. The molecule has 2 atom stereocenters. The predicted octanol–water partition coefficient (Wildman–Crippen LogP) is 1.74. The van der Waals surface area contributed by atoms with Crippen LogP contribution in [0, 0.1) is 12.8 Å². The van der Waals surface area contributed by atoms with Gasteiger partial charge in [0.15, 0.2) is 0 Å². The number of aromatic amines is 1. The third-order valence-corrected chi connectivity index (χ3v) is 3.93. The molecule has 20 heavy (non-hydrogen) atoms. The quantitative estimate of drug-likeness (QED) is 0.873. The first-order valence-corrected chi connectivity index (χ1v) is 6.84. The van der Waals surface area contributed by atoms with Crippen LogP contribution in [0.5, 0.6) is 0 Å². The predicted molar refractivity (Wildman–Crippen MR) is 73.6 cm³/mol. The molecule has 3 rings (SSSR count). The Morgan fingerprint density at radius 2 is 2.30 bits per heavy atom. The molecule has 2 unspecified atom stereocenters. The second kappa shape index (κ2) is 4.77. The molecular weight excluding hydrogens is 258 g/mol. The van der Waals surface area contributed by atoms with Gasteiger partial charge < -0.3 is 14.7 Å². The number of amides is 1. The number of aromatic nitrogens is 2. The number of fused-ring (bicyclic) bond motifs is 1. The molecule has 0 bridgehead atoms. The van der Waals surface area contributed by atoms with Crippen LogP contribution in [0.3, 0.4) is 0 Å². The number of H-pyrrole nitrogens is 1. The zero-order valence-electron chi connectivity index (χ0n) is 11.5. The molecule has 1 amide bonds. The van der Waals surface area contributed by atoms with E-state index in [-0.39, 0.29) is 28.6 Å². The van der Waals surface area contributed by atoms with E-state index in [9.17, 15) is 9.59 Å². The number of aryl methyl sites for hydroxylation is 1. The van der Waals surface area contributed by atoms with Gasteiger partial charge in [-0.3, -0.25) is 9.59 Å². The Bertz CT molecular complexity index is 716. The van der Waals surface area contributed by atoms with E-state index in [1.165, 1.54) is 6.33 Å². The highest BCUT2D eigenvalue weighted by Crippen LogP contribution is 2.26. The van der Waals surface area contributed by atoms with Crippen LogP contribution in [-0.4, -0.2) is 21.9 Å². The van der Waals surface area contributed by atoms with Gasteiger partial charge in [0.2, 0.25) is 5.71 Å². The van der Waals surface area contributed by atoms with Gasteiger partial charge >= 0.3 is 0 Å². The van der Waals surface area contributed by atoms with Crippen LogP contribution >= 0.6 is 0 Å². The average Bonchev–Trinajstić information content (AvgIpc) is 2.93. The smallest absolute Gasteiger partial charge is 0.262 e. The monoisotopic (exact) mass is 275 g/mol. The number of nitrogens with one attached hydrogen (secondary N) is 2. The van der Waals surface area contributed by atoms with Crippen molar-refractivity contribution in [2.75, 3.05) is 0 Å². The van der Waals surface area contributed by atoms with E-state index in [1.54, 1.807) is 6.92 Å². The van der Waals surface area contributed by atoms with Crippen molar-refractivity contribution in [3.8, 4) is 0 Å². The second-order valence-corrected chi connectivity index (χ2v) is 5.53. The molecule has 0 spiro atoms. The number of rotatable bonds is 2. The van der Waals surface area contributed by atoms with E-state index in [2.05, 4.69) is 22.2 Å². The molecule has 1 aliphatic rings. The molecule has 0 radical (unpaired) electrons. The van der Waals surface area contributed by atoms with Gasteiger partial charge in [-0.1, -0.05) is 6.92 Å². The van der Waals surface area contributed by atoms with Gasteiger partial charge in [-0.05, 0) is 32.1 Å². The third kappa shape index (κ3) is 2.11. The Hall–Kier alpha value is -2.11. The lowest BCUT2D eigenvalue weighted by Crippen LogP contribution is -2.33. The zero-order valence-corrected chi connectivity index (χ0v) is 11.5. The lowest BCUT2D eigenvalue weighted by atomic mass is 10.1. The largest absolute Gasteiger partial charge is 0.442 e. The normalized spacial score (nSPS) is 22.3. The Labute approximate surface area is 115 Å². The van der Waals surface area contributed by atoms with Gasteiger partial charge in [0.05, 0.1) is 11.9 Å². The van der Waals surface area contributed by atoms with Gasteiger partial charge in [-0.15, -0.1) is 0 Å². The van der Waals surface area contributed by atoms with Gasteiger partial charge in [0.1, 0.15) is 11.1 Å². The number of hydrogen-bond acceptors (Lipinski definition) is 4. The van der Waals surface area contributed by atoms with E-state index in [1.807, 2.05) is 0 Å². The summed E-state index contributed by atoms with van der Waals surface area (Å²) in [6, 6.07) is 0.178. The maximum absolute atomic E-state index is 12.4. The first-order valence-electron chi connectivity index (χ1n) is 6.84. The van der Waals surface area contributed by atoms with E-state index in [0.717, 1.165) is 19.3 Å². The fourth-order valence-electron chi connectivity index (χ4n) is 2.92. The molecule has 6 heteroatoms. The lowest BCUT2D eigenvalue weighted by molar-refractivity contribution is 0.0937. The molecule has 1 fully saturated rings. The highest BCUT2D eigenvalue weighted by atomic mass is 16.3. The van der Waals surface area contributed by atoms with Crippen molar-refractivity contribution < 1.29 is 9.21 Å². The molecule has 106 valence electrons. The van der Waals surface area contributed by atoms with Crippen molar-refractivity contribution in [1.82, 2.24) is 15.3 Å². The lowest BCUT2D eigenvalue weighted by Gasteiger charge is -2.11. The fourth-order valence-corrected chi connectivity index (χ4v) is 2.92. The van der Waals surface area contributed by atoms with Gasteiger partial charge in [-0.2, -0.15) is 0 Å². The number of carbonyl (C=O) groups excluding carboxylic acids is 1. The molecule has 0 aromatic carbocycles. The molecule has 2 aromatic rings. The third-order valence-electron chi connectivity index (χ3n) is 3.93. The molecule has 1 saturated carbocycles. The maximum Gasteiger partial charge on any atom is 0.262 e. The minimum Gasteiger partial charge on any atom is -0.442 e. The minimum atomic E-state index is -0.350. The minimum absolute atomic E-state index is 0.178. The first kappa shape index (κ1) is 12.9. The van der Waals surface area contributed by atoms with Gasteiger partial charge in [-0.25, -0.2) is 4.98 Å².